The van der Waals surface area contributed by atoms with Crippen molar-refractivity contribution >= 4 is 11.9 Å². The van der Waals surface area contributed by atoms with Crippen LogP contribution in [-0.4, -0.2) is 11.9 Å². The Hall–Kier alpha value is -1.58. The summed E-state index contributed by atoms with van der Waals surface area (Å²) in [5.74, 6) is -1.52. The molecule has 11 heavy (non-hydrogen) atoms. The Morgan fingerprint density at radius 3 is 2.27 bits per heavy atom. The first-order valence-corrected chi connectivity index (χ1v) is 2.78. The third-order valence-corrected chi connectivity index (χ3v) is 0.743. The van der Waals surface area contributed by atoms with E-state index in [2.05, 4.69) is 22.9 Å². The van der Waals surface area contributed by atoms with Gasteiger partial charge in [0.15, 0.2) is 0 Å². The number of hydrogen-bond donors (Lipinski definition) is 0. The maximum Gasteiger partial charge on any atom is 0.385 e. The van der Waals surface area contributed by atoms with E-state index in [9.17, 15) is 9.59 Å². The molecular formula is C7H8O4. The van der Waals surface area contributed by atoms with Gasteiger partial charge in [0.1, 0.15) is 0 Å². The van der Waals surface area contributed by atoms with Crippen molar-refractivity contribution in [2.75, 3.05) is 0 Å². The molecular weight excluding hydrogens is 148 g/mol. The van der Waals surface area contributed by atoms with E-state index in [-0.39, 0.29) is 5.57 Å². The van der Waals surface area contributed by atoms with Gasteiger partial charge in [-0.2, -0.15) is 0 Å². The fourth-order valence-corrected chi connectivity index (χ4v) is 0.233. The fourth-order valence-electron chi connectivity index (χ4n) is 0.233. The van der Waals surface area contributed by atoms with Gasteiger partial charge in [0.25, 0.3) is 0 Å². The summed E-state index contributed by atoms with van der Waals surface area (Å²) in [4.78, 5) is 28.6. The topological polar surface area (TPSA) is 52.6 Å². The molecule has 0 aromatic carbocycles. The molecule has 0 bridgehead atoms. The molecule has 4 nitrogen and oxygen atoms in total. The van der Waals surface area contributed by atoms with Crippen LogP contribution in [0.3, 0.4) is 0 Å². The van der Waals surface area contributed by atoms with Gasteiger partial charge in [-0.15, -0.1) is 0 Å². The van der Waals surface area contributed by atoms with Crippen molar-refractivity contribution in [1.29, 1.82) is 0 Å². The highest BCUT2D eigenvalue weighted by Crippen LogP contribution is 1.95. The second-order valence-corrected chi connectivity index (χ2v) is 1.68. The Labute approximate surface area is 64.0 Å². The zero-order valence-corrected chi connectivity index (χ0v) is 6.12. The minimum Gasteiger partial charge on any atom is -0.248 e. The summed E-state index contributed by atoms with van der Waals surface area (Å²) in [5.41, 5.74) is 0.0336. The van der Waals surface area contributed by atoms with Crippen molar-refractivity contribution in [3.8, 4) is 0 Å². The van der Waals surface area contributed by atoms with E-state index in [1.54, 1.807) is 0 Å². The van der Waals surface area contributed by atoms with Crippen molar-refractivity contribution in [3.05, 3.63) is 24.8 Å². The SMILES string of the molecule is C=CC(=C)C(=O)OOC(C)=O. The number of hydrogen-bond acceptors (Lipinski definition) is 4. The summed E-state index contributed by atoms with van der Waals surface area (Å²) < 4.78 is 0. The van der Waals surface area contributed by atoms with Gasteiger partial charge in [0, 0.05) is 6.92 Å². The average Bonchev–Trinajstić information content (AvgIpc) is 1.98. The van der Waals surface area contributed by atoms with Crippen molar-refractivity contribution in [2.24, 2.45) is 0 Å². The third-order valence-electron chi connectivity index (χ3n) is 0.743. The van der Waals surface area contributed by atoms with Crippen LogP contribution in [0.4, 0.5) is 0 Å². The van der Waals surface area contributed by atoms with E-state index < -0.39 is 11.9 Å². The van der Waals surface area contributed by atoms with E-state index in [4.69, 9.17) is 0 Å². The van der Waals surface area contributed by atoms with E-state index in [1.165, 1.54) is 6.08 Å². The maximum absolute atomic E-state index is 10.6. The minimum absolute atomic E-state index is 0.0336. The molecule has 0 heterocycles. The highest BCUT2D eigenvalue weighted by Gasteiger charge is 2.07. The summed E-state index contributed by atoms with van der Waals surface area (Å²) in [6.45, 7) is 7.65. The van der Waals surface area contributed by atoms with Crippen LogP contribution in [0.15, 0.2) is 24.8 Å². The second-order valence-electron chi connectivity index (χ2n) is 1.68. The molecule has 0 spiro atoms. The lowest BCUT2D eigenvalue weighted by atomic mass is 10.3. The molecule has 0 fully saturated rings. The molecule has 0 aliphatic heterocycles. The standard InChI is InChI=1S/C7H8O4/c1-4-5(2)7(9)11-10-6(3)8/h4H,1-2H2,3H3. The quantitative estimate of drug-likeness (QED) is 0.256. The molecule has 0 aromatic rings. The molecule has 0 amide bonds. The molecule has 0 rings (SSSR count). The predicted molar refractivity (Wildman–Crippen MR) is 37.2 cm³/mol. The molecule has 0 aliphatic carbocycles. The van der Waals surface area contributed by atoms with Crippen LogP contribution in [0.5, 0.6) is 0 Å². The lowest BCUT2D eigenvalue weighted by Crippen LogP contribution is -2.09. The molecule has 0 radical (unpaired) electrons. The summed E-state index contributed by atoms with van der Waals surface area (Å²) >= 11 is 0. The number of rotatable bonds is 2. The van der Waals surface area contributed by atoms with Gasteiger partial charge in [-0.05, 0) is 0 Å². The van der Waals surface area contributed by atoms with Gasteiger partial charge in [0.05, 0.1) is 5.57 Å². The monoisotopic (exact) mass is 156 g/mol. The Morgan fingerprint density at radius 1 is 1.36 bits per heavy atom. The first-order chi connectivity index (χ1) is 5.07. The van der Waals surface area contributed by atoms with Gasteiger partial charge >= 0.3 is 11.9 Å². The van der Waals surface area contributed by atoms with Gasteiger partial charge in [-0.3, -0.25) is 0 Å². The molecule has 0 unspecified atom stereocenters. The Morgan fingerprint density at radius 2 is 1.91 bits per heavy atom. The number of carbonyl (C=O) groups excluding carboxylic acids is 2. The lowest BCUT2D eigenvalue weighted by Gasteiger charge is -1.98. The Balaban J connectivity index is 3.79. The van der Waals surface area contributed by atoms with Gasteiger partial charge in [-0.25, -0.2) is 19.4 Å². The maximum atomic E-state index is 10.6. The average molecular weight is 156 g/mol. The van der Waals surface area contributed by atoms with Crippen LogP contribution in [-0.2, 0) is 19.4 Å². The highest BCUT2D eigenvalue weighted by atomic mass is 17.2. The molecule has 0 aromatic heterocycles. The van der Waals surface area contributed by atoms with Crippen molar-refractivity contribution in [2.45, 2.75) is 6.92 Å². The van der Waals surface area contributed by atoms with Gasteiger partial charge in [-0.1, -0.05) is 19.2 Å². The molecule has 0 atom stereocenters. The first kappa shape index (κ1) is 9.42. The molecule has 60 valence electrons. The Kier molecular flexibility index (Phi) is 3.66. The van der Waals surface area contributed by atoms with Crippen molar-refractivity contribution in [3.63, 3.8) is 0 Å². The second kappa shape index (κ2) is 4.27. The smallest absolute Gasteiger partial charge is 0.248 e. The number of carbonyl (C=O) groups is 2. The molecule has 0 N–H and O–H groups in total. The normalized spacial score (nSPS) is 8.09. The van der Waals surface area contributed by atoms with Crippen LogP contribution < -0.4 is 0 Å². The largest absolute Gasteiger partial charge is 0.385 e. The van der Waals surface area contributed by atoms with Crippen molar-refractivity contribution in [1.82, 2.24) is 0 Å². The zero-order valence-electron chi connectivity index (χ0n) is 6.12. The van der Waals surface area contributed by atoms with Gasteiger partial charge < -0.3 is 0 Å². The fraction of sp³-hybridized carbons (Fsp3) is 0.143. The summed E-state index contributed by atoms with van der Waals surface area (Å²) in [5, 5.41) is 0. The molecule has 4 heteroatoms. The summed E-state index contributed by atoms with van der Waals surface area (Å²) in [7, 11) is 0. The van der Waals surface area contributed by atoms with Crippen LogP contribution in [0.25, 0.3) is 0 Å². The minimum atomic E-state index is -0.824. The van der Waals surface area contributed by atoms with E-state index in [0.29, 0.717) is 0 Å². The van der Waals surface area contributed by atoms with E-state index in [0.717, 1.165) is 6.92 Å². The van der Waals surface area contributed by atoms with E-state index >= 15 is 0 Å². The lowest BCUT2D eigenvalue weighted by molar-refractivity contribution is -0.253. The summed E-state index contributed by atoms with van der Waals surface area (Å²) in [6, 6.07) is 0. The van der Waals surface area contributed by atoms with Crippen LogP contribution in [0, 0.1) is 0 Å². The van der Waals surface area contributed by atoms with Crippen LogP contribution in [0.1, 0.15) is 6.92 Å². The Bertz CT molecular complexity index is 204. The first-order valence-electron chi connectivity index (χ1n) is 2.78. The summed E-state index contributed by atoms with van der Waals surface area (Å²) in [6.07, 6.45) is 1.20. The molecule has 0 aliphatic rings. The highest BCUT2D eigenvalue weighted by molar-refractivity contribution is 5.90. The van der Waals surface area contributed by atoms with Crippen LogP contribution in [0.2, 0.25) is 0 Å². The molecule has 0 saturated heterocycles. The van der Waals surface area contributed by atoms with E-state index in [1.807, 2.05) is 0 Å². The zero-order chi connectivity index (χ0) is 8.85. The van der Waals surface area contributed by atoms with Crippen LogP contribution >= 0.6 is 0 Å². The van der Waals surface area contributed by atoms with Crippen molar-refractivity contribution < 1.29 is 19.4 Å². The van der Waals surface area contributed by atoms with Gasteiger partial charge in [0.2, 0.25) is 0 Å². The third kappa shape index (κ3) is 3.91. The molecule has 0 saturated carbocycles. The predicted octanol–water partition coefficient (Wildman–Crippen LogP) is 0.750.